The Morgan fingerprint density at radius 2 is 1.50 bits per heavy atom. The van der Waals surface area contributed by atoms with Gasteiger partial charge in [0.05, 0.1) is 6.10 Å². The fraction of sp³-hybridized carbons (Fsp3) is 1.00. The molecule has 130 valence electrons. The van der Waals surface area contributed by atoms with Crippen LogP contribution in [0.3, 0.4) is 0 Å². The molecular weight excluding hydrogens is 268 g/mol. The number of hydrogen-bond donors (Lipinski definition) is 0. The molecule has 0 bridgehead atoms. The maximum Gasteiger partial charge on any atom is 0.0577 e. The molecule has 1 nitrogen and oxygen atoms in total. The zero-order chi connectivity index (χ0) is 15.6. The summed E-state index contributed by atoms with van der Waals surface area (Å²) in [4.78, 5) is 0. The summed E-state index contributed by atoms with van der Waals surface area (Å²) >= 11 is 0. The Hall–Kier alpha value is -0.0400. The maximum atomic E-state index is 6.20. The van der Waals surface area contributed by atoms with Gasteiger partial charge < -0.3 is 4.74 Å². The van der Waals surface area contributed by atoms with Crippen molar-refractivity contribution in [3.05, 3.63) is 0 Å². The summed E-state index contributed by atoms with van der Waals surface area (Å²) in [5, 5.41) is 0. The van der Waals surface area contributed by atoms with Crippen molar-refractivity contribution in [2.45, 2.75) is 110 Å². The van der Waals surface area contributed by atoms with Gasteiger partial charge >= 0.3 is 0 Å². The SMILES string of the molecule is CCCCCO[C@@H]1CCC[C@@H]([C@@H]2CCC[C@H](CCCC)C2)C1. The molecule has 0 aromatic heterocycles. The monoisotopic (exact) mass is 308 g/mol. The fourth-order valence-electron chi connectivity index (χ4n) is 4.88. The third-order valence-corrected chi connectivity index (χ3v) is 6.22. The Kier molecular flexibility index (Phi) is 8.89. The molecule has 0 heterocycles. The van der Waals surface area contributed by atoms with Crippen molar-refractivity contribution in [3.63, 3.8) is 0 Å². The molecule has 2 aliphatic rings. The average Bonchev–Trinajstić information content (AvgIpc) is 2.57. The Morgan fingerprint density at radius 3 is 2.27 bits per heavy atom. The summed E-state index contributed by atoms with van der Waals surface area (Å²) in [5.74, 6) is 3.05. The van der Waals surface area contributed by atoms with Gasteiger partial charge in [-0.3, -0.25) is 0 Å². The summed E-state index contributed by atoms with van der Waals surface area (Å²) in [7, 11) is 0. The molecule has 2 aliphatic carbocycles. The van der Waals surface area contributed by atoms with Gasteiger partial charge in [0.1, 0.15) is 0 Å². The number of rotatable bonds is 9. The first-order chi connectivity index (χ1) is 10.8. The number of ether oxygens (including phenoxy) is 1. The van der Waals surface area contributed by atoms with Crippen LogP contribution in [0.1, 0.15) is 104 Å². The molecule has 0 saturated heterocycles. The van der Waals surface area contributed by atoms with Gasteiger partial charge in [-0.2, -0.15) is 0 Å². The van der Waals surface area contributed by atoms with Gasteiger partial charge in [-0.05, 0) is 49.9 Å². The maximum absolute atomic E-state index is 6.20. The normalized spacial score (nSPS) is 33.0. The zero-order valence-corrected chi connectivity index (χ0v) is 15.3. The van der Waals surface area contributed by atoms with E-state index < -0.39 is 0 Å². The fourth-order valence-corrected chi connectivity index (χ4v) is 4.88. The van der Waals surface area contributed by atoms with Crippen LogP contribution in [0, 0.1) is 17.8 Å². The largest absolute Gasteiger partial charge is 0.378 e. The molecule has 0 spiro atoms. The van der Waals surface area contributed by atoms with E-state index in [4.69, 9.17) is 4.74 Å². The highest BCUT2D eigenvalue weighted by atomic mass is 16.5. The van der Waals surface area contributed by atoms with Crippen LogP contribution in [0.25, 0.3) is 0 Å². The Balaban J connectivity index is 1.71. The Morgan fingerprint density at radius 1 is 0.773 bits per heavy atom. The second kappa shape index (κ2) is 10.7. The van der Waals surface area contributed by atoms with Crippen LogP contribution in [0.2, 0.25) is 0 Å². The minimum Gasteiger partial charge on any atom is -0.378 e. The highest BCUT2D eigenvalue weighted by Gasteiger charge is 2.32. The zero-order valence-electron chi connectivity index (χ0n) is 15.3. The lowest BCUT2D eigenvalue weighted by atomic mass is 9.69. The molecule has 2 rings (SSSR count). The molecule has 0 N–H and O–H groups in total. The molecule has 0 radical (unpaired) electrons. The lowest BCUT2D eigenvalue weighted by Crippen LogP contribution is -2.30. The minimum absolute atomic E-state index is 0.589. The van der Waals surface area contributed by atoms with Crippen molar-refractivity contribution in [1.82, 2.24) is 0 Å². The van der Waals surface area contributed by atoms with Crippen molar-refractivity contribution in [2.75, 3.05) is 6.61 Å². The molecule has 0 aliphatic heterocycles. The molecule has 2 fully saturated rings. The second-order valence-electron chi connectivity index (χ2n) is 8.06. The lowest BCUT2D eigenvalue weighted by molar-refractivity contribution is -0.00464. The van der Waals surface area contributed by atoms with Crippen LogP contribution in [0.15, 0.2) is 0 Å². The number of unbranched alkanes of at least 4 members (excludes halogenated alkanes) is 3. The van der Waals surface area contributed by atoms with Crippen molar-refractivity contribution in [3.8, 4) is 0 Å². The van der Waals surface area contributed by atoms with E-state index in [0.29, 0.717) is 6.10 Å². The van der Waals surface area contributed by atoms with Crippen LogP contribution in [-0.4, -0.2) is 12.7 Å². The first-order valence-electron chi connectivity index (χ1n) is 10.4. The molecule has 4 atom stereocenters. The topological polar surface area (TPSA) is 9.23 Å². The van der Waals surface area contributed by atoms with E-state index in [1.165, 1.54) is 89.9 Å². The summed E-state index contributed by atoms with van der Waals surface area (Å²) in [5.41, 5.74) is 0. The van der Waals surface area contributed by atoms with E-state index >= 15 is 0 Å². The lowest BCUT2D eigenvalue weighted by Gasteiger charge is -2.39. The standard InChI is InChI=1S/C21H40O/c1-3-5-7-15-22-21-14-9-13-20(17-21)19-12-8-11-18(16-19)10-6-4-2/h18-21H,3-17H2,1-2H3/t18-,19+,20+,21+/m0/s1. The summed E-state index contributed by atoms with van der Waals surface area (Å²) in [6.07, 6.45) is 20.5. The van der Waals surface area contributed by atoms with Gasteiger partial charge in [0.2, 0.25) is 0 Å². The first-order valence-corrected chi connectivity index (χ1v) is 10.4. The van der Waals surface area contributed by atoms with Gasteiger partial charge in [0.25, 0.3) is 0 Å². The first kappa shape index (κ1) is 18.3. The van der Waals surface area contributed by atoms with Gasteiger partial charge in [-0.1, -0.05) is 71.6 Å². The predicted molar refractivity (Wildman–Crippen MR) is 96.2 cm³/mol. The smallest absolute Gasteiger partial charge is 0.0577 e. The van der Waals surface area contributed by atoms with Gasteiger partial charge in [-0.25, -0.2) is 0 Å². The third-order valence-electron chi connectivity index (χ3n) is 6.22. The van der Waals surface area contributed by atoms with Gasteiger partial charge in [0.15, 0.2) is 0 Å². The summed E-state index contributed by atoms with van der Waals surface area (Å²) in [6.45, 7) is 5.62. The van der Waals surface area contributed by atoms with Gasteiger partial charge in [-0.15, -0.1) is 0 Å². The van der Waals surface area contributed by atoms with Crippen LogP contribution in [0.5, 0.6) is 0 Å². The van der Waals surface area contributed by atoms with Crippen molar-refractivity contribution in [2.24, 2.45) is 17.8 Å². The minimum atomic E-state index is 0.589. The Bertz CT molecular complexity index is 275. The van der Waals surface area contributed by atoms with Crippen LogP contribution in [-0.2, 0) is 4.74 Å². The van der Waals surface area contributed by atoms with Gasteiger partial charge in [0, 0.05) is 6.61 Å². The average molecular weight is 309 g/mol. The van der Waals surface area contributed by atoms with E-state index in [0.717, 1.165) is 24.4 Å². The highest BCUT2D eigenvalue weighted by Crippen LogP contribution is 2.42. The molecule has 0 aromatic carbocycles. The van der Waals surface area contributed by atoms with E-state index in [9.17, 15) is 0 Å². The molecule has 0 amide bonds. The summed E-state index contributed by atoms with van der Waals surface area (Å²) < 4.78 is 6.20. The molecular formula is C21H40O. The van der Waals surface area contributed by atoms with E-state index in [1.807, 2.05) is 0 Å². The van der Waals surface area contributed by atoms with Crippen LogP contribution in [0.4, 0.5) is 0 Å². The van der Waals surface area contributed by atoms with E-state index in [-0.39, 0.29) is 0 Å². The third kappa shape index (κ3) is 6.22. The van der Waals surface area contributed by atoms with Crippen LogP contribution < -0.4 is 0 Å². The van der Waals surface area contributed by atoms with E-state index in [1.54, 1.807) is 0 Å². The molecule has 1 heteroatoms. The van der Waals surface area contributed by atoms with Crippen molar-refractivity contribution < 1.29 is 4.74 Å². The second-order valence-corrected chi connectivity index (χ2v) is 8.06. The predicted octanol–water partition coefficient (Wildman–Crippen LogP) is 6.75. The van der Waals surface area contributed by atoms with Crippen molar-refractivity contribution >= 4 is 0 Å². The summed E-state index contributed by atoms with van der Waals surface area (Å²) in [6, 6.07) is 0. The number of hydrogen-bond acceptors (Lipinski definition) is 1. The quantitative estimate of drug-likeness (QED) is 0.428. The highest BCUT2D eigenvalue weighted by molar-refractivity contribution is 4.83. The molecule has 0 aromatic rings. The van der Waals surface area contributed by atoms with Crippen molar-refractivity contribution in [1.29, 1.82) is 0 Å². The molecule has 2 saturated carbocycles. The van der Waals surface area contributed by atoms with E-state index in [2.05, 4.69) is 13.8 Å². The molecule has 0 unspecified atom stereocenters. The Labute approximate surface area is 139 Å². The molecule has 22 heavy (non-hydrogen) atoms. The van der Waals surface area contributed by atoms with Crippen LogP contribution >= 0.6 is 0 Å².